The van der Waals surface area contributed by atoms with Crippen LogP contribution < -0.4 is 10.9 Å². The van der Waals surface area contributed by atoms with Crippen LogP contribution in [0, 0.1) is 0 Å². The SMILES string of the molecule is Cn1ccc(NC(=O)c2cc(=O)[nH]c3ccccc23)n1. The van der Waals surface area contributed by atoms with Crippen LogP contribution in [0.3, 0.4) is 0 Å². The summed E-state index contributed by atoms with van der Waals surface area (Å²) >= 11 is 0. The maximum Gasteiger partial charge on any atom is 0.257 e. The average molecular weight is 268 g/mol. The van der Waals surface area contributed by atoms with Crippen LogP contribution >= 0.6 is 0 Å². The first-order valence-corrected chi connectivity index (χ1v) is 6.06. The maximum atomic E-state index is 12.3. The normalized spacial score (nSPS) is 10.7. The second-order valence-electron chi connectivity index (χ2n) is 4.42. The minimum Gasteiger partial charge on any atom is -0.322 e. The third-order valence-corrected chi connectivity index (χ3v) is 2.95. The van der Waals surface area contributed by atoms with Crippen LogP contribution in [0.25, 0.3) is 10.9 Å². The number of H-pyrrole nitrogens is 1. The number of nitrogens with zero attached hydrogens (tertiary/aromatic N) is 2. The van der Waals surface area contributed by atoms with Crippen molar-refractivity contribution in [2.75, 3.05) is 5.32 Å². The molecule has 0 unspecified atom stereocenters. The second-order valence-corrected chi connectivity index (χ2v) is 4.42. The van der Waals surface area contributed by atoms with Gasteiger partial charge in [-0.3, -0.25) is 14.3 Å². The van der Waals surface area contributed by atoms with Gasteiger partial charge in [0.15, 0.2) is 5.82 Å². The predicted octanol–water partition coefficient (Wildman–Crippen LogP) is 1.51. The molecule has 2 N–H and O–H groups in total. The first kappa shape index (κ1) is 12.2. The number of amides is 1. The summed E-state index contributed by atoms with van der Waals surface area (Å²) < 4.78 is 1.59. The summed E-state index contributed by atoms with van der Waals surface area (Å²) in [5.41, 5.74) is 0.649. The van der Waals surface area contributed by atoms with E-state index in [4.69, 9.17) is 0 Å². The van der Waals surface area contributed by atoms with Gasteiger partial charge in [-0.15, -0.1) is 0 Å². The van der Waals surface area contributed by atoms with Crippen molar-refractivity contribution >= 4 is 22.6 Å². The average Bonchev–Trinajstić information content (AvgIpc) is 2.83. The number of carbonyl (C=O) groups excluding carboxylic acids is 1. The number of benzene rings is 1. The van der Waals surface area contributed by atoms with E-state index < -0.39 is 0 Å². The van der Waals surface area contributed by atoms with Crippen LogP contribution in [0.1, 0.15) is 10.4 Å². The van der Waals surface area contributed by atoms with E-state index in [1.165, 1.54) is 6.07 Å². The van der Waals surface area contributed by atoms with Crippen LogP contribution in [0.15, 0.2) is 47.4 Å². The number of aryl methyl sites for hydroxylation is 1. The van der Waals surface area contributed by atoms with Crippen molar-refractivity contribution in [1.82, 2.24) is 14.8 Å². The number of nitrogens with one attached hydrogen (secondary N) is 2. The Morgan fingerprint density at radius 1 is 1.30 bits per heavy atom. The van der Waals surface area contributed by atoms with Gasteiger partial charge in [0.05, 0.1) is 5.56 Å². The number of aromatic nitrogens is 3. The summed E-state index contributed by atoms with van der Waals surface area (Å²) in [7, 11) is 1.76. The molecule has 0 atom stereocenters. The molecule has 2 heterocycles. The zero-order valence-corrected chi connectivity index (χ0v) is 10.8. The standard InChI is InChI=1S/C14H12N4O2/c1-18-7-6-12(17-18)16-14(20)10-8-13(19)15-11-5-3-2-4-9(10)11/h2-8H,1H3,(H,15,19)(H,16,17,20). The first-order chi connectivity index (χ1) is 9.63. The Hall–Kier alpha value is -2.89. The number of hydrogen-bond acceptors (Lipinski definition) is 3. The predicted molar refractivity (Wildman–Crippen MR) is 75.7 cm³/mol. The molecule has 100 valence electrons. The van der Waals surface area contributed by atoms with E-state index in [-0.39, 0.29) is 11.5 Å². The summed E-state index contributed by atoms with van der Waals surface area (Å²) in [5, 5.41) is 7.45. The zero-order chi connectivity index (χ0) is 14.1. The maximum absolute atomic E-state index is 12.3. The summed E-state index contributed by atoms with van der Waals surface area (Å²) in [5.74, 6) is 0.0906. The van der Waals surface area contributed by atoms with Crippen molar-refractivity contribution in [2.45, 2.75) is 0 Å². The molecule has 0 saturated carbocycles. The van der Waals surface area contributed by atoms with Gasteiger partial charge in [-0.1, -0.05) is 18.2 Å². The van der Waals surface area contributed by atoms with Crippen LogP contribution in [0.2, 0.25) is 0 Å². The Labute approximate surface area is 114 Å². The summed E-state index contributed by atoms with van der Waals surface area (Å²) in [4.78, 5) is 26.6. The van der Waals surface area contributed by atoms with Crippen molar-refractivity contribution in [3.63, 3.8) is 0 Å². The van der Waals surface area contributed by atoms with E-state index in [9.17, 15) is 9.59 Å². The number of hydrogen-bond donors (Lipinski definition) is 2. The molecule has 2 aromatic heterocycles. The van der Waals surface area contributed by atoms with E-state index in [2.05, 4.69) is 15.4 Å². The van der Waals surface area contributed by atoms with E-state index in [1.54, 1.807) is 42.2 Å². The molecule has 1 aromatic carbocycles. The van der Waals surface area contributed by atoms with Crippen molar-refractivity contribution in [2.24, 2.45) is 7.05 Å². The molecule has 0 aliphatic heterocycles. The molecule has 6 heteroatoms. The van der Waals surface area contributed by atoms with E-state index in [0.717, 1.165) is 0 Å². The number of para-hydroxylation sites is 1. The second kappa shape index (κ2) is 4.65. The molecule has 0 fully saturated rings. The lowest BCUT2D eigenvalue weighted by molar-refractivity contribution is 0.102. The lowest BCUT2D eigenvalue weighted by Gasteiger charge is -2.05. The Morgan fingerprint density at radius 2 is 2.10 bits per heavy atom. The molecule has 6 nitrogen and oxygen atoms in total. The highest BCUT2D eigenvalue weighted by Gasteiger charge is 2.12. The minimum atomic E-state index is -0.356. The molecular weight excluding hydrogens is 256 g/mol. The molecule has 1 amide bonds. The number of aromatic amines is 1. The topological polar surface area (TPSA) is 79.8 Å². The fourth-order valence-corrected chi connectivity index (χ4v) is 2.06. The van der Waals surface area contributed by atoms with E-state index in [0.29, 0.717) is 22.3 Å². The molecule has 20 heavy (non-hydrogen) atoms. The van der Waals surface area contributed by atoms with Gasteiger partial charge in [0.25, 0.3) is 5.91 Å². The minimum absolute atomic E-state index is 0.310. The Bertz CT molecular complexity index is 848. The first-order valence-electron chi connectivity index (χ1n) is 6.06. The number of fused-ring (bicyclic) bond motifs is 1. The van der Waals surface area contributed by atoms with E-state index in [1.807, 2.05) is 6.07 Å². The molecule has 0 aliphatic carbocycles. The van der Waals surface area contributed by atoms with E-state index >= 15 is 0 Å². The van der Waals surface area contributed by atoms with Gasteiger partial charge in [-0.25, -0.2) is 0 Å². The van der Waals surface area contributed by atoms with Crippen LogP contribution in [0.5, 0.6) is 0 Å². The molecule has 0 spiro atoms. The largest absolute Gasteiger partial charge is 0.322 e. The number of anilines is 1. The fourth-order valence-electron chi connectivity index (χ4n) is 2.06. The molecule has 0 saturated heterocycles. The highest BCUT2D eigenvalue weighted by atomic mass is 16.2. The summed E-state index contributed by atoms with van der Waals surface area (Å²) in [6, 6.07) is 10.2. The third kappa shape index (κ3) is 2.18. The Balaban J connectivity index is 2.05. The third-order valence-electron chi connectivity index (χ3n) is 2.95. The molecule has 3 aromatic rings. The van der Waals surface area contributed by atoms with Gasteiger partial charge < -0.3 is 10.3 Å². The Morgan fingerprint density at radius 3 is 2.85 bits per heavy atom. The van der Waals surface area contributed by atoms with Crippen molar-refractivity contribution in [3.8, 4) is 0 Å². The number of rotatable bonds is 2. The molecule has 0 radical (unpaired) electrons. The quantitative estimate of drug-likeness (QED) is 0.739. The lowest BCUT2D eigenvalue weighted by atomic mass is 10.1. The zero-order valence-electron chi connectivity index (χ0n) is 10.8. The van der Waals surface area contributed by atoms with Crippen molar-refractivity contribution in [1.29, 1.82) is 0 Å². The fraction of sp³-hybridized carbons (Fsp3) is 0.0714. The van der Waals surface area contributed by atoms with Gasteiger partial charge in [0.1, 0.15) is 0 Å². The smallest absolute Gasteiger partial charge is 0.257 e. The van der Waals surface area contributed by atoms with Crippen molar-refractivity contribution < 1.29 is 4.79 Å². The van der Waals surface area contributed by atoms with Crippen LogP contribution in [-0.4, -0.2) is 20.7 Å². The summed E-state index contributed by atoms with van der Waals surface area (Å²) in [6.45, 7) is 0. The monoisotopic (exact) mass is 268 g/mol. The van der Waals surface area contributed by atoms with Gasteiger partial charge in [-0.2, -0.15) is 5.10 Å². The van der Waals surface area contributed by atoms with Gasteiger partial charge in [0.2, 0.25) is 5.56 Å². The molecule has 0 bridgehead atoms. The number of carbonyl (C=O) groups is 1. The van der Waals surface area contributed by atoms with Crippen LogP contribution in [0.4, 0.5) is 5.82 Å². The molecule has 0 aliphatic rings. The lowest BCUT2D eigenvalue weighted by Crippen LogP contribution is -2.17. The van der Waals surface area contributed by atoms with Gasteiger partial charge >= 0.3 is 0 Å². The Kier molecular flexibility index (Phi) is 2.83. The number of pyridine rings is 1. The molecular formula is C14H12N4O2. The molecule has 3 rings (SSSR count). The highest BCUT2D eigenvalue weighted by molar-refractivity contribution is 6.11. The van der Waals surface area contributed by atoms with Gasteiger partial charge in [-0.05, 0) is 6.07 Å². The van der Waals surface area contributed by atoms with Crippen LogP contribution in [-0.2, 0) is 7.05 Å². The summed E-state index contributed by atoms with van der Waals surface area (Å²) in [6.07, 6.45) is 1.73. The van der Waals surface area contributed by atoms with Crippen molar-refractivity contribution in [3.05, 3.63) is 58.5 Å². The highest BCUT2D eigenvalue weighted by Crippen LogP contribution is 2.15. The van der Waals surface area contributed by atoms with Gasteiger partial charge in [0, 0.05) is 36.3 Å².